The monoisotopic (exact) mass is 328 g/mol. The Morgan fingerprint density at radius 3 is 2.67 bits per heavy atom. The molecule has 2 rings (SSSR count). The molecule has 1 saturated carbocycles. The molecule has 100 valence electrons. The van der Waals surface area contributed by atoms with Gasteiger partial charge in [0.05, 0.1) is 13.2 Å². The quantitative estimate of drug-likeness (QED) is 0.760. The van der Waals surface area contributed by atoms with Gasteiger partial charge < -0.3 is 4.74 Å². The summed E-state index contributed by atoms with van der Waals surface area (Å²) in [5.41, 5.74) is 1.56. The van der Waals surface area contributed by atoms with E-state index in [0.29, 0.717) is 12.0 Å². The molecule has 0 aromatic heterocycles. The maximum absolute atomic E-state index is 5.94. The van der Waals surface area contributed by atoms with Crippen LogP contribution in [0.1, 0.15) is 37.7 Å². The van der Waals surface area contributed by atoms with Crippen LogP contribution in [0.5, 0.6) is 0 Å². The molecule has 0 N–H and O–H groups in total. The van der Waals surface area contributed by atoms with Crippen molar-refractivity contribution in [3.05, 3.63) is 34.3 Å². The van der Waals surface area contributed by atoms with E-state index in [0.717, 1.165) is 16.8 Å². The molecule has 0 unspecified atom stereocenters. The highest BCUT2D eigenvalue weighted by Gasteiger charge is 2.30. The second-order valence-electron chi connectivity index (χ2n) is 5.34. The van der Waals surface area contributed by atoms with Gasteiger partial charge in [-0.3, -0.25) is 0 Å². The van der Waals surface area contributed by atoms with Crippen LogP contribution in [-0.4, -0.2) is 12.4 Å². The Bertz CT molecular complexity index is 375. The third kappa shape index (κ3) is 4.01. The molecule has 0 amide bonds. The molecule has 1 aromatic rings. The fourth-order valence-corrected chi connectivity index (χ4v) is 3.52. The van der Waals surface area contributed by atoms with E-state index in [4.69, 9.17) is 4.74 Å². The summed E-state index contributed by atoms with van der Waals surface area (Å²) in [4.78, 5) is 0. The van der Waals surface area contributed by atoms with Gasteiger partial charge in [0.15, 0.2) is 0 Å². The molecule has 1 aliphatic rings. The predicted octanol–water partition coefficient (Wildman–Crippen LogP) is 4.85. The molecule has 1 nitrogen and oxygen atoms in total. The Morgan fingerprint density at radius 1 is 1.22 bits per heavy atom. The van der Waals surface area contributed by atoms with Crippen molar-refractivity contribution in [2.24, 2.45) is 5.41 Å². The second-order valence-corrected chi connectivity index (χ2v) is 6.57. The van der Waals surface area contributed by atoms with Crippen molar-refractivity contribution in [1.82, 2.24) is 0 Å². The zero-order valence-electron chi connectivity index (χ0n) is 10.7. The first-order chi connectivity index (χ1) is 8.74. The molecule has 1 aliphatic carbocycles. The van der Waals surface area contributed by atoms with E-state index < -0.39 is 0 Å². The highest BCUT2D eigenvalue weighted by atomic mass is 79.9. The van der Waals surface area contributed by atoms with Gasteiger partial charge in [-0.05, 0) is 36.3 Å². The van der Waals surface area contributed by atoms with E-state index >= 15 is 0 Å². The number of ether oxygens (including phenoxy) is 1. The van der Waals surface area contributed by atoms with E-state index in [-0.39, 0.29) is 0 Å². The third-order valence-corrected chi connectivity index (χ3v) is 4.98. The zero-order valence-corrected chi connectivity index (χ0v) is 13.2. The molecule has 0 heterocycles. The van der Waals surface area contributed by atoms with Crippen molar-refractivity contribution in [1.29, 1.82) is 0 Å². The van der Waals surface area contributed by atoms with Crippen LogP contribution in [0.25, 0.3) is 0 Å². The van der Waals surface area contributed by atoms with E-state index in [1.807, 2.05) is 6.07 Å². The number of thiol groups is 1. The first-order valence-corrected chi connectivity index (χ1v) is 8.10. The van der Waals surface area contributed by atoms with Crippen molar-refractivity contribution in [3.8, 4) is 0 Å². The lowest BCUT2D eigenvalue weighted by molar-refractivity contribution is 0.0251. The van der Waals surface area contributed by atoms with E-state index in [1.165, 1.54) is 37.7 Å². The topological polar surface area (TPSA) is 9.23 Å². The summed E-state index contributed by atoms with van der Waals surface area (Å²) in [6, 6.07) is 8.32. The van der Waals surface area contributed by atoms with Crippen molar-refractivity contribution in [2.75, 3.05) is 12.4 Å². The molecule has 0 radical (unpaired) electrons. The van der Waals surface area contributed by atoms with Gasteiger partial charge in [-0.2, -0.15) is 12.6 Å². The molecule has 0 spiro atoms. The van der Waals surface area contributed by atoms with Gasteiger partial charge in [0.1, 0.15) is 0 Å². The highest BCUT2D eigenvalue weighted by molar-refractivity contribution is 9.10. The Labute approximate surface area is 124 Å². The van der Waals surface area contributed by atoms with Gasteiger partial charge in [-0.25, -0.2) is 0 Å². The highest BCUT2D eigenvalue weighted by Crippen LogP contribution is 2.37. The zero-order chi connectivity index (χ0) is 12.8. The standard InChI is InChI=1S/C15H21BrOS/c16-14-6-4-5-13(9-14)10-17-11-15(12-18)7-2-1-3-8-15/h4-6,9,18H,1-3,7-8,10-12H2. The van der Waals surface area contributed by atoms with Crippen molar-refractivity contribution in [3.63, 3.8) is 0 Å². The lowest BCUT2D eigenvalue weighted by Gasteiger charge is -2.35. The van der Waals surface area contributed by atoms with Crippen LogP contribution in [0.4, 0.5) is 0 Å². The Kier molecular flexibility index (Phi) is 5.58. The SMILES string of the molecule is SCC1(COCc2cccc(Br)c2)CCCCC1. The summed E-state index contributed by atoms with van der Waals surface area (Å²) in [5, 5.41) is 0. The minimum absolute atomic E-state index is 0.327. The molecule has 0 saturated heterocycles. The first-order valence-electron chi connectivity index (χ1n) is 6.67. The number of benzene rings is 1. The van der Waals surface area contributed by atoms with Crippen molar-refractivity contribution < 1.29 is 4.74 Å². The average molecular weight is 329 g/mol. The minimum Gasteiger partial charge on any atom is -0.376 e. The van der Waals surface area contributed by atoms with Crippen LogP contribution >= 0.6 is 28.6 Å². The number of hydrogen-bond donors (Lipinski definition) is 1. The maximum atomic E-state index is 5.94. The Balaban J connectivity index is 1.83. The molecular formula is C15H21BrOS. The van der Waals surface area contributed by atoms with Gasteiger partial charge in [0.25, 0.3) is 0 Å². The molecule has 1 fully saturated rings. The number of rotatable bonds is 5. The molecule has 0 aliphatic heterocycles. The number of hydrogen-bond acceptors (Lipinski definition) is 2. The maximum Gasteiger partial charge on any atom is 0.0717 e. The summed E-state index contributed by atoms with van der Waals surface area (Å²) in [5.74, 6) is 0.950. The first kappa shape index (κ1) is 14.4. The average Bonchev–Trinajstić information content (AvgIpc) is 2.40. The molecule has 0 atom stereocenters. The molecule has 18 heavy (non-hydrogen) atoms. The fourth-order valence-electron chi connectivity index (χ4n) is 2.66. The van der Waals surface area contributed by atoms with Crippen LogP contribution in [0.3, 0.4) is 0 Å². The van der Waals surface area contributed by atoms with Crippen molar-refractivity contribution in [2.45, 2.75) is 38.7 Å². The summed E-state index contributed by atoms with van der Waals surface area (Å²) in [6.07, 6.45) is 6.59. The lowest BCUT2D eigenvalue weighted by atomic mass is 9.76. The normalized spacial score (nSPS) is 18.8. The summed E-state index contributed by atoms with van der Waals surface area (Å²) >= 11 is 8.03. The van der Waals surface area contributed by atoms with Gasteiger partial charge >= 0.3 is 0 Å². The third-order valence-electron chi connectivity index (χ3n) is 3.82. The smallest absolute Gasteiger partial charge is 0.0717 e. The Morgan fingerprint density at radius 2 is 2.00 bits per heavy atom. The molecule has 3 heteroatoms. The van der Waals surface area contributed by atoms with E-state index in [2.05, 4.69) is 46.8 Å². The van der Waals surface area contributed by atoms with Crippen LogP contribution in [-0.2, 0) is 11.3 Å². The van der Waals surface area contributed by atoms with Crippen LogP contribution in [0.15, 0.2) is 28.7 Å². The van der Waals surface area contributed by atoms with Gasteiger partial charge in [-0.1, -0.05) is 47.3 Å². The van der Waals surface area contributed by atoms with E-state index in [9.17, 15) is 0 Å². The van der Waals surface area contributed by atoms with Crippen LogP contribution in [0.2, 0.25) is 0 Å². The second kappa shape index (κ2) is 6.97. The van der Waals surface area contributed by atoms with E-state index in [1.54, 1.807) is 0 Å². The molecular weight excluding hydrogens is 308 g/mol. The summed E-state index contributed by atoms with van der Waals surface area (Å²) < 4.78 is 7.05. The summed E-state index contributed by atoms with van der Waals surface area (Å²) in [7, 11) is 0. The molecule has 0 bridgehead atoms. The largest absolute Gasteiger partial charge is 0.376 e. The fraction of sp³-hybridized carbons (Fsp3) is 0.600. The van der Waals surface area contributed by atoms with Crippen LogP contribution in [0, 0.1) is 5.41 Å². The van der Waals surface area contributed by atoms with Crippen molar-refractivity contribution >= 4 is 28.6 Å². The number of halogens is 1. The minimum atomic E-state index is 0.327. The lowest BCUT2D eigenvalue weighted by Crippen LogP contribution is -2.31. The summed E-state index contributed by atoms with van der Waals surface area (Å²) in [6.45, 7) is 1.55. The van der Waals surface area contributed by atoms with Gasteiger partial charge in [-0.15, -0.1) is 0 Å². The molecule has 1 aromatic carbocycles. The van der Waals surface area contributed by atoms with Gasteiger partial charge in [0, 0.05) is 9.89 Å². The van der Waals surface area contributed by atoms with Gasteiger partial charge in [0.2, 0.25) is 0 Å². The Hall–Kier alpha value is 0.01000. The predicted molar refractivity (Wildman–Crippen MR) is 83.2 cm³/mol. The van der Waals surface area contributed by atoms with Crippen LogP contribution < -0.4 is 0 Å².